The average molecular weight is 334 g/mol. The highest BCUT2D eigenvalue weighted by Gasteiger charge is 2.41. The van der Waals surface area contributed by atoms with Gasteiger partial charge in [0, 0.05) is 33.3 Å². The van der Waals surface area contributed by atoms with E-state index in [-0.39, 0.29) is 12.5 Å². The fourth-order valence-corrected chi connectivity index (χ4v) is 3.08. The molecule has 24 heavy (non-hydrogen) atoms. The Morgan fingerprint density at radius 1 is 1.33 bits per heavy atom. The van der Waals surface area contributed by atoms with Crippen LogP contribution in [0.5, 0.6) is 0 Å². The summed E-state index contributed by atoms with van der Waals surface area (Å²) in [5.74, 6) is 0.325. The number of nitrogens with one attached hydrogen (secondary N) is 1. The third-order valence-corrected chi connectivity index (χ3v) is 4.62. The van der Waals surface area contributed by atoms with Gasteiger partial charge in [-0.1, -0.05) is 38.1 Å². The molecule has 5 heteroatoms. The molecule has 2 rings (SSSR count). The lowest BCUT2D eigenvalue weighted by molar-refractivity contribution is -0.157. The van der Waals surface area contributed by atoms with Crippen LogP contribution in [0.15, 0.2) is 24.3 Å². The van der Waals surface area contributed by atoms with Crippen LogP contribution in [0.3, 0.4) is 0 Å². The van der Waals surface area contributed by atoms with Gasteiger partial charge in [-0.05, 0) is 29.9 Å². The van der Waals surface area contributed by atoms with Crippen LogP contribution < -0.4 is 5.32 Å². The highest BCUT2D eigenvalue weighted by Crippen LogP contribution is 2.24. The first-order valence-corrected chi connectivity index (χ1v) is 8.76. The molecule has 5 nitrogen and oxygen atoms in total. The molecule has 1 aliphatic rings. The molecule has 1 heterocycles. The van der Waals surface area contributed by atoms with E-state index in [1.165, 1.54) is 5.56 Å². The van der Waals surface area contributed by atoms with Crippen LogP contribution in [0.2, 0.25) is 0 Å². The largest absolute Gasteiger partial charge is 0.383 e. The van der Waals surface area contributed by atoms with Crippen molar-refractivity contribution in [2.24, 2.45) is 0 Å². The smallest absolute Gasteiger partial charge is 0.256 e. The second kappa shape index (κ2) is 8.60. The maximum absolute atomic E-state index is 12.7. The summed E-state index contributed by atoms with van der Waals surface area (Å²) in [7, 11) is 1.63. The lowest BCUT2D eigenvalue weighted by Crippen LogP contribution is -2.57. The van der Waals surface area contributed by atoms with Gasteiger partial charge < -0.3 is 20.1 Å². The van der Waals surface area contributed by atoms with Gasteiger partial charge in [0.05, 0.1) is 6.61 Å². The summed E-state index contributed by atoms with van der Waals surface area (Å²) >= 11 is 0. The number of benzene rings is 1. The number of hydrogen-bond acceptors (Lipinski definition) is 4. The first-order valence-electron chi connectivity index (χ1n) is 8.76. The molecule has 0 radical (unpaired) electrons. The number of hydrogen-bond donors (Lipinski definition) is 2. The van der Waals surface area contributed by atoms with Crippen molar-refractivity contribution in [2.75, 3.05) is 33.4 Å². The average Bonchev–Trinajstić information content (AvgIpc) is 2.57. The third-order valence-electron chi connectivity index (χ3n) is 4.62. The molecule has 1 saturated heterocycles. The number of nitrogens with zero attached hydrogens (tertiary/aromatic N) is 1. The minimum Gasteiger partial charge on any atom is -0.383 e. The predicted molar refractivity (Wildman–Crippen MR) is 94.9 cm³/mol. The minimum absolute atomic E-state index is 0.174. The van der Waals surface area contributed by atoms with E-state index in [1.54, 1.807) is 12.0 Å². The fourth-order valence-electron chi connectivity index (χ4n) is 3.08. The zero-order chi connectivity index (χ0) is 17.6. The number of amides is 1. The second-order valence-electron chi connectivity index (χ2n) is 6.93. The van der Waals surface area contributed by atoms with Crippen LogP contribution in [0.4, 0.5) is 0 Å². The van der Waals surface area contributed by atoms with Crippen LogP contribution in [0, 0.1) is 0 Å². The number of methoxy groups -OCH3 is 1. The van der Waals surface area contributed by atoms with Crippen LogP contribution in [-0.2, 0) is 16.1 Å². The SMILES string of the molecule is COCCNCC1(O)CCCN(Cc2ccc(C(C)C)cc2)C1=O. The van der Waals surface area contributed by atoms with Crippen molar-refractivity contribution in [3.05, 3.63) is 35.4 Å². The van der Waals surface area contributed by atoms with Gasteiger partial charge in [0.2, 0.25) is 0 Å². The quantitative estimate of drug-likeness (QED) is 0.713. The molecule has 0 saturated carbocycles. The monoisotopic (exact) mass is 334 g/mol. The predicted octanol–water partition coefficient (Wildman–Crippen LogP) is 1.90. The Kier molecular flexibility index (Phi) is 6.78. The van der Waals surface area contributed by atoms with E-state index in [0.29, 0.717) is 38.6 Å². The van der Waals surface area contributed by atoms with E-state index in [1.807, 2.05) is 0 Å². The first kappa shape index (κ1) is 18.9. The van der Waals surface area contributed by atoms with Crippen molar-refractivity contribution >= 4 is 5.91 Å². The van der Waals surface area contributed by atoms with E-state index < -0.39 is 5.60 Å². The van der Waals surface area contributed by atoms with Crippen molar-refractivity contribution in [2.45, 2.75) is 44.8 Å². The lowest BCUT2D eigenvalue weighted by atomic mass is 9.91. The van der Waals surface area contributed by atoms with Gasteiger partial charge in [-0.15, -0.1) is 0 Å². The molecular formula is C19H30N2O3. The Labute approximate surface area is 145 Å². The molecule has 0 aromatic heterocycles. The van der Waals surface area contributed by atoms with Gasteiger partial charge in [0.1, 0.15) is 0 Å². The molecule has 2 N–H and O–H groups in total. The van der Waals surface area contributed by atoms with Gasteiger partial charge >= 0.3 is 0 Å². The van der Waals surface area contributed by atoms with Gasteiger partial charge in [-0.2, -0.15) is 0 Å². The number of rotatable bonds is 8. The number of ether oxygens (including phenoxy) is 1. The van der Waals surface area contributed by atoms with E-state index in [0.717, 1.165) is 12.0 Å². The zero-order valence-electron chi connectivity index (χ0n) is 15.0. The number of aliphatic hydroxyl groups is 1. The molecule has 0 bridgehead atoms. The summed E-state index contributed by atoms with van der Waals surface area (Å²) in [5, 5.41) is 13.8. The number of carbonyl (C=O) groups excluding carboxylic acids is 1. The molecule has 1 aromatic carbocycles. The maximum atomic E-state index is 12.7. The molecule has 0 aliphatic carbocycles. The van der Waals surface area contributed by atoms with Gasteiger partial charge in [0.25, 0.3) is 5.91 Å². The minimum atomic E-state index is -1.30. The number of likely N-dealkylation sites (tertiary alicyclic amines) is 1. The Balaban J connectivity index is 1.96. The Bertz CT molecular complexity index is 530. The summed E-state index contributed by atoms with van der Waals surface area (Å²) in [6, 6.07) is 8.39. The highest BCUT2D eigenvalue weighted by molar-refractivity contribution is 5.86. The molecule has 1 unspecified atom stereocenters. The summed E-state index contributed by atoms with van der Waals surface area (Å²) in [6.45, 7) is 7.05. The summed E-state index contributed by atoms with van der Waals surface area (Å²) in [5.41, 5.74) is 1.09. The number of carbonyl (C=O) groups is 1. The van der Waals surface area contributed by atoms with Crippen molar-refractivity contribution in [3.8, 4) is 0 Å². The molecule has 1 fully saturated rings. The topological polar surface area (TPSA) is 61.8 Å². The van der Waals surface area contributed by atoms with E-state index >= 15 is 0 Å². The van der Waals surface area contributed by atoms with E-state index in [2.05, 4.69) is 43.4 Å². The van der Waals surface area contributed by atoms with Crippen molar-refractivity contribution in [1.82, 2.24) is 10.2 Å². The summed E-state index contributed by atoms with van der Waals surface area (Å²) < 4.78 is 4.98. The fraction of sp³-hybridized carbons (Fsp3) is 0.632. The molecule has 1 amide bonds. The molecule has 1 aromatic rings. The highest BCUT2D eigenvalue weighted by atomic mass is 16.5. The molecule has 1 atom stereocenters. The first-order chi connectivity index (χ1) is 11.5. The maximum Gasteiger partial charge on any atom is 0.256 e. The number of piperidine rings is 1. The third kappa shape index (κ3) is 4.79. The summed E-state index contributed by atoms with van der Waals surface area (Å²) in [6.07, 6.45) is 1.33. The standard InChI is InChI=1S/C19H30N2O3/c1-15(2)17-7-5-16(6-8-17)13-21-11-4-9-19(23,18(21)22)14-20-10-12-24-3/h5-8,15,20,23H,4,9-14H2,1-3H3. The van der Waals surface area contributed by atoms with Crippen LogP contribution >= 0.6 is 0 Å². The van der Waals surface area contributed by atoms with Crippen LogP contribution in [0.1, 0.15) is 43.7 Å². The molecular weight excluding hydrogens is 304 g/mol. The lowest BCUT2D eigenvalue weighted by Gasteiger charge is -2.38. The molecule has 134 valence electrons. The summed E-state index contributed by atoms with van der Waals surface area (Å²) in [4.78, 5) is 14.5. The Morgan fingerprint density at radius 3 is 2.67 bits per heavy atom. The van der Waals surface area contributed by atoms with Gasteiger partial charge in [-0.3, -0.25) is 4.79 Å². The molecule has 1 aliphatic heterocycles. The Hall–Kier alpha value is -1.43. The zero-order valence-corrected chi connectivity index (χ0v) is 15.0. The second-order valence-corrected chi connectivity index (χ2v) is 6.93. The van der Waals surface area contributed by atoms with Crippen molar-refractivity contribution in [1.29, 1.82) is 0 Å². The molecule has 0 spiro atoms. The van der Waals surface area contributed by atoms with Crippen molar-refractivity contribution < 1.29 is 14.6 Å². The van der Waals surface area contributed by atoms with Gasteiger partial charge in [0.15, 0.2) is 5.60 Å². The van der Waals surface area contributed by atoms with Crippen LogP contribution in [-0.4, -0.2) is 54.9 Å². The normalized spacial score (nSPS) is 21.5. The van der Waals surface area contributed by atoms with E-state index in [4.69, 9.17) is 4.74 Å². The van der Waals surface area contributed by atoms with Crippen molar-refractivity contribution in [3.63, 3.8) is 0 Å². The van der Waals surface area contributed by atoms with Gasteiger partial charge in [-0.25, -0.2) is 0 Å². The van der Waals surface area contributed by atoms with Crippen LogP contribution in [0.25, 0.3) is 0 Å². The Morgan fingerprint density at radius 2 is 2.04 bits per heavy atom. The van der Waals surface area contributed by atoms with E-state index in [9.17, 15) is 9.90 Å².